The number of anilines is 1. The van der Waals surface area contributed by atoms with Crippen LogP contribution in [0.1, 0.15) is 42.0 Å². The molecule has 0 amide bonds. The minimum atomic E-state index is 0.767. The molecular formula is C19H24ClN. The largest absolute Gasteiger partial charge is 0.381 e. The standard InChI is InChI=1S/C19H24ClN/c1-4-5-6-16-8-9-18(20)17(12-16)13-21-19-10-7-14(2)11-15(19)3/h7-12,21H,4-6,13H2,1-3H3. The van der Waals surface area contributed by atoms with Gasteiger partial charge in [-0.1, -0.05) is 54.8 Å². The van der Waals surface area contributed by atoms with Gasteiger partial charge < -0.3 is 5.32 Å². The molecule has 21 heavy (non-hydrogen) atoms. The van der Waals surface area contributed by atoms with E-state index in [1.54, 1.807) is 0 Å². The van der Waals surface area contributed by atoms with Gasteiger partial charge in [-0.2, -0.15) is 0 Å². The Morgan fingerprint density at radius 3 is 2.57 bits per heavy atom. The molecule has 0 saturated heterocycles. The summed E-state index contributed by atoms with van der Waals surface area (Å²) in [5, 5.41) is 4.34. The van der Waals surface area contributed by atoms with Crippen LogP contribution in [0, 0.1) is 13.8 Å². The van der Waals surface area contributed by atoms with Gasteiger partial charge in [0.25, 0.3) is 0 Å². The van der Waals surface area contributed by atoms with Crippen LogP contribution in [0.15, 0.2) is 36.4 Å². The lowest BCUT2D eigenvalue weighted by Gasteiger charge is -2.12. The Morgan fingerprint density at radius 2 is 1.86 bits per heavy atom. The fourth-order valence-corrected chi connectivity index (χ4v) is 2.69. The van der Waals surface area contributed by atoms with Gasteiger partial charge in [0, 0.05) is 17.3 Å². The van der Waals surface area contributed by atoms with Gasteiger partial charge in [0.15, 0.2) is 0 Å². The lowest BCUT2D eigenvalue weighted by molar-refractivity contribution is 0.794. The molecule has 0 aliphatic heterocycles. The summed E-state index contributed by atoms with van der Waals surface area (Å²) >= 11 is 6.32. The zero-order valence-electron chi connectivity index (χ0n) is 13.2. The van der Waals surface area contributed by atoms with Gasteiger partial charge in [0.1, 0.15) is 0 Å². The smallest absolute Gasteiger partial charge is 0.0456 e. The minimum Gasteiger partial charge on any atom is -0.381 e. The van der Waals surface area contributed by atoms with Gasteiger partial charge in [-0.15, -0.1) is 0 Å². The Labute approximate surface area is 133 Å². The van der Waals surface area contributed by atoms with E-state index in [-0.39, 0.29) is 0 Å². The third kappa shape index (κ3) is 4.50. The molecule has 0 spiro atoms. The van der Waals surface area contributed by atoms with Crippen molar-refractivity contribution in [1.82, 2.24) is 0 Å². The SMILES string of the molecule is CCCCc1ccc(Cl)c(CNc2ccc(C)cc2C)c1. The number of hydrogen-bond acceptors (Lipinski definition) is 1. The van der Waals surface area contributed by atoms with Crippen LogP contribution < -0.4 is 5.32 Å². The molecule has 0 radical (unpaired) electrons. The number of benzene rings is 2. The number of rotatable bonds is 6. The summed E-state index contributed by atoms with van der Waals surface area (Å²) in [6.07, 6.45) is 3.58. The van der Waals surface area contributed by atoms with Crippen molar-refractivity contribution in [2.75, 3.05) is 5.32 Å². The normalized spacial score (nSPS) is 10.7. The summed E-state index contributed by atoms with van der Waals surface area (Å²) < 4.78 is 0. The summed E-state index contributed by atoms with van der Waals surface area (Å²) in [7, 11) is 0. The van der Waals surface area contributed by atoms with E-state index < -0.39 is 0 Å². The number of nitrogens with one attached hydrogen (secondary N) is 1. The summed E-state index contributed by atoms with van der Waals surface area (Å²) in [6.45, 7) is 7.24. The highest BCUT2D eigenvalue weighted by Crippen LogP contribution is 2.22. The Morgan fingerprint density at radius 1 is 1.05 bits per heavy atom. The van der Waals surface area contributed by atoms with Crippen LogP contribution in [-0.2, 0) is 13.0 Å². The fourth-order valence-electron chi connectivity index (χ4n) is 2.50. The van der Waals surface area contributed by atoms with Crippen LogP contribution in [0.4, 0.5) is 5.69 Å². The molecule has 0 fully saturated rings. The topological polar surface area (TPSA) is 12.0 Å². The van der Waals surface area contributed by atoms with Crippen molar-refractivity contribution in [2.45, 2.75) is 46.6 Å². The van der Waals surface area contributed by atoms with Crippen molar-refractivity contribution in [3.63, 3.8) is 0 Å². The van der Waals surface area contributed by atoms with Crippen molar-refractivity contribution < 1.29 is 0 Å². The maximum absolute atomic E-state index is 6.32. The van der Waals surface area contributed by atoms with Crippen LogP contribution in [0.2, 0.25) is 5.02 Å². The molecule has 0 unspecified atom stereocenters. The highest BCUT2D eigenvalue weighted by atomic mass is 35.5. The van der Waals surface area contributed by atoms with Gasteiger partial charge >= 0.3 is 0 Å². The van der Waals surface area contributed by atoms with Gasteiger partial charge in [0.2, 0.25) is 0 Å². The molecule has 0 atom stereocenters. The average Bonchev–Trinajstić information content (AvgIpc) is 2.46. The van der Waals surface area contributed by atoms with Crippen molar-refractivity contribution in [3.8, 4) is 0 Å². The molecule has 2 aromatic rings. The summed E-state index contributed by atoms with van der Waals surface area (Å²) in [5.41, 5.74) is 6.28. The first-order valence-electron chi connectivity index (χ1n) is 7.68. The van der Waals surface area contributed by atoms with Crippen LogP contribution >= 0.6 is 11.6 Å². The minimum absolute atomic E-state index is 0.767. The van der Waals surface area contributed by atoms with Gasteiger partial charge in [0.05, 0.1) is 0 Å². The third-order valence-corrected chi connectivity index (χ3v) is 4.15. The molecule has 2 aromatic carbocycles. The summed E-state index contributed by atoms with van der Waals surface area (Å²) in [6, 6.07) is 12.9. The molecule has 0 saturated carbocycles. The first-order valence-corrected chi connectivity index (χ1v) is 8.06. The van der Waals surface area contributed by atoms with E-state index in [2.05, 4.69) is 56.4 Å². The van der Waals surface area contributed by atoms with E-state index in [9.17, 15) is 0 Å². The van der Waals surface area contributed by atoms with E-state index in [0.29, 0.717) is 0 Å². The highest BCUT2D eigenvalue weighted by molar-refractivity contribution is 6.31. The Hall–Kier alpha value is -1.47. The zero-order chi connectivity index (χ0) is 15.2. The van der Waals surface area contributed by atoms with Gasteiger partial charge in [-0.3, -0.25) is 0 Å². The molecule has 1 nitrogen and oxygen atoms in total. The first kappa shape index (κ1) is 15.9. The maximum atomic E-state index is 6.32. The predicted octanol–water partition coefficient (Wildman–Crippen LogP) is 5.91. The van der Waals surface area contributed by atoms with E-state index in [1.165, 1.54) is 40.8 Å². The van der Waals surface area contributed by atoms with Crippen molar-refractivity contribution in [2.24, 2.45) is 0 Å². The van der Waals surface area contributed by atoms with Crippen LogP contribution in [-0.4, -0.2) is 0 Å². The lowest BCUT2D eigenvalue weighted by atomic mass is 10.0. The molecule has 0 aromatic heterocycles. The molecule has 112 valence electrons. The third-order valence-electron chi connectivity index (χ3n) is 3.78. The van der Waals surface area contributed by atoms with E-state index in [1.807, 2.05) is 6.07 Å². The average molecular weight is 302 g/mol. The Balaban J connectivity index is 2.08. The number of halogens is 1. The van der Waals surface area contributed by atoms with Gasteiger partial charge in [-0.25, -0.2) is 0 Å². The Kier molecular flexibility index (Phi) is 5.69. The molecule has 2 rings (SSSR count). The van der Waals surface area contributed by atoms with Crippen LogP contribution in [0.3, 0.4) is 0 Å². The van der Waals surface area contributed by atoms with Crippen LogP contribution in [0.5, 0.6) is 0 Å². The van der Waals surface area contributed by atoms with Crippen LogP contribution in [0.25, 0.3) is 0 Å². The molecular weight excluding hydrogens is 278 g/mol. The molecule has 0 bridgehead atoms. The lowest BCUT2D eigenvalue weighted by Crippen LogP contribution is -2.02. The highest BCUT2D eigenvalue weighted by Gasteiger charge is 2.04. The van der Waals surface area contributed by atoms with Crippen molar-refractivity contribution in [1.29, 1.82) is 0 Å². The number of aryl methyl sites for hydroxylation is 3. The predicted molar refractivity (Wildman–Crippen MR) is 93.3 cm³/mol. The van der Waals surface area contributed by atoms with Gasteiger partial charge in [-0.05, 0) is 55.5 Å². The molecule has 1 N–H and O–H groups in total. The summed E-state index contributed by atoms with van der Waals surface area (Å²) in [4.78, 5) is 0. The van der Waals surface area contributed by atoms with Crippen molar-refractivity contribution >= 4 is 17.3 Å². The molecule has 0 aliphatic rings. The monoisotopic (exact) mass is 301 g/mol. The maximum Gasteiger partial charge on any atom is 0.0456 e. The van der Waals surface area contributed by atoms with E-state index in [4.69, 9.17) is 11.6 Å². The second-order valence-electron chi connectivity index (χ2n) is 5.70. The molecule has 2 heteroatoms. The second kappa shape index (κ2) is 7.51. The number of unbranched alkanes of at least 4 members (excludes halogenated alkanes) is 1. The molecule has 0 heterocycles. The first-order chi connectivity index (χ1) is 10.1. The van der Waals surface area contributed by atoms with Crippen molar-refractivity contribution in [3.05, 3.63) is 63.7 Å². The quantitative estimate of drug-likeness (QED) is 0.699. The summed E-state index contributed by atoms with van der Waals surface area (Å²) in [5.74, 6) is 0. The van der Waals surface area contributed by atoms with E-state index in [0.717, 1.165) is 18.0 Å². The Bertz CT molecular complexity index is 605. The van der Waals surface area contributed by atoms with E-state index >= 15 is 0 Å². The molecule has 0 aliphatic carbocycles. The fraction of sp³-hybridized carbons (Fsp3) is 0.368. The number of hydrogen-bond donors (Lipinski definition) is 1. The second-order valence-corrected chi connectivity index (χ2v) is 6.11. The zero-order valence-corrected chi connectivity index (χ0v) is 13.9.